The highest BCUT2D eigenvalue weighted by Gasteiger charge is 2.16. The summed E-state index contributed by atoms with van der Waals surface area (Å²) in [5.74, 6) is 0. The van der Waals surface area contributed by atoms with Crippen molar-refractivity contribution in [1.29, 1.82) is 0 Å². The van der Waals surface area contributed by atoms with Gasteiger partial charge >= 0.3 is 0 Å². The minimum atomic E-state index is -0.325. The van der Waals surface area contributed by atoms with Crippen LogP contribution in [0.15, 0.2) is 24.3 Å². The predicted octanol–water partition coefficient (Wildman–Crippen LogP) is 1.67. The molecular formula is C12H16ClNO2. The van der Waals surface area contributed by atoms with Crippen LogP contribution >= 0.6 is 11.6 Å². The van der Waals surface area contributed by atoms with Crippen molar-refractivity contribution in [2.45, 2.75) is 24.6 Å². The maximum absolute atomic E-state index is 5.76. The first kappa shape index (κ1) is 11.9. The van der Waals surface area contributed by atoms with Gasteiger partial charge in [0, 0.05) is 12.8 Å². The van der Waals surface area contributed by atoms with Crippen molar-refractivity contribution >= 4 is 11.6 Å². The van der Waals surface area contributed by atoms with E-state index in [2.05, 4.69) is 12.1 Å². The van der Waals surface area contributed by atoms with Crippen LogP contribution in [0.2, 0.25) is 0 Å². The Labute approximate surface area is 100 Å². The number of benzene rings is 1. The molecule has 1 aromatic carbocycles. The zero-order valence-corrected chi connectivity index (χ0v) is 9.82. The minimum Gasteiger partial charge on any atom is -0.350 e. The molecule has 0 spiro atoms. The van der Waals surface area contributed by atoms with Gasteiger partial charge in [0.15, 0.2) is 6.29 Å². The Morgan fingerprint density at radius 1 is 1.31 bits per heavy atom. The fourth-order valence-electron chi connectivity index (χ4n) is 1.83. The summed E-state index contributed by atoms with van der Waals surface area (Å²) in [5, 5.41) is 0. The van der Waals surface area contributed by atoms with E-state index >= 15 is 0 Å². The van der Waals surface area contributed by atoms with E-state index in [0.717, 1.165) is 12.0 Å². The zero-order valence-electron chi connectivity index (χ0n) is 9.06. The van der Waals surface area contributed by atoms with Crippen LogP contribution in [0, 0.1) is 0 Å². The van der Waals surface area contributed by atoms with E-state index in [1.165, 1.54) is 5.56 Å². The number of halogens is 1. The van der Waals surface area contributed by atoms with Crippen molar-refractivity contribution in [3.8, 4) is 0 Å². The summed E-state index contributed by atoms with van der Waals surface area (Å²) in [5.41, 5.74) is 7.58. The second kappa shape index (κ2) is 5.64. The van der Waals surface area contributed by atoms with Gasteiger partial charge in [-0.1, -0.05) is 24.3 Å². The van der Waals surface area contributed by atoms with Crippen molar-refractivity contribution in [3.05, 3.63) is 35.4 Å². The molecule has 0 bridgehead atoms. The Balaban J connectivity index is 1.97. The number of alkyl halides is 1. The number of rotatable bonds is 4. The monoisotopic (exact) mass is 241 g/mol. The Kier molecular flexibility index (Phi) is 4.18. The van der Waals surface area contributed by atoms with Gasteiger partial charge in [0.25, 0.3) is 0 Å². The summed E-state index contributed by atoms with van der Waals surface area (Å²) in [4.78, 5) is 0. The molecule has 4 heteroatoms. The van der Waals surface area contributed by atoms with Crippen LogP contribution in [0.3, 0.4) is 0 Å². The van der Waals surface area contributed by atoms with Gasteiger partial charge in [-0.05, 0) is 11.1 Å². The largest absolute Gasteiger partial charge is 0.350 e. The van der Waals surface area contributed by atoms with Gasteiger partial charge in [-0.25, -0.2) is 0 Å². The summed E-state index contributed by atoms with van der Waals surface area (Å²) in [6, 6.07) is 8.21. The van der Waals surface area contributed by atoms with Crippen LogP contribution in [0.1, 0.15) is 11.1 Å². The Morgan fingerprint density at radius 3 is 2.69 bits per heavy atom. The second-order valence-corrected chi connectivity index (χ2v) is 4.48. The number of nitrogens with two attached hydrogens (primary N) is 1. The molecule has 0 amide bonds. The van der Waals surface area contributed by atoms with Crippen LogP contribution in [-0.2, 0) is 22.3 Å². The van der Waals surface area contributed by atoms with Crippen molar-refractivity contribution in [2.75, 3.05) is 13.2 Å². The summed E-state index contributed by atoms with van der Waals surface area (Å²) >= 11 is 5.76. The van der Waals surface area contributed by atoms with Gasteiger partial charge in [-0.2, -0.15) is 0 Å². The SMILES string of the molecule is NC(Cl)Cc1cccc(CC2OCCO2)c1. The van der Waals surface area contributed by atoms with Crippen molar-refractivity contribution in [1.82, 2.24) is 0 Å². The topological polar surface area (TPSA) is 44.5 Å². The quantitative estimate of drug-likeness (QED) is 0.644. The third kappa shape index (κ3) is 3.46. The molecule has 1 aromatic rings. The maximum Gasteiger partial charge on any atom is 0.161 e. The molecule has 1 aliphatic heterocycles. The van der Waals surface area contributed by atoms with Gasteiger partial charge in [-0.3, -0.25) is 0 Å². The van der Waals surface area contributed by atoms with Crippen molar-refractivity contribution in [3.63, 3.8) is 0 Å². The molecule has 0 radical (unpaired) electrons. The van der Waals surface area contributed by atoms with Crippen LogP contribution in [0.5, 0.6) is 0 Å². The Hall–Kier alpha value is -0.610. The molecule has 2 N–H and O–H groups in total. The van der Waals surface area contributed by atoms with Crippen molar-refractivity contribution in [2.24, 2.45) is 5.73 Å². The molecule has 2 rings (SSSR count). The molecule has 16 heavy (non-hydrogen) atoms. The standard InChI is InChI=1S/C12H16ClNO2/c13-11(14)7-9-2-1-3-10(6-9)8-12-15-4-5-16-12/h1-3,6,11-12H,4-5,7-8,14H2. The van der Waals surface area contributed by atoms with E-state index in [1.54, 1.807) is 0 Å². The molecule has 0 aromatic heterocycles. The summed E-state index contributed by atoms with van der Waals surface area (Å²) in [6.45, 7) is 1.38. The average Bonchev–Trinajstić information content (AvgIpc) is 2.70. The highest BCUT2D eigenvalue weighted by molar-refractivity contribution is 6.20. The second-order valence-electron chi connectivity index (χ2n) is 3.92. The summed E-state index contributed by atoms with van der Waals surface area (Å²) in [6.07, 6.45) is 1.37. The highest BCUT2D eigenvalue weighted by Crippen LogP contribution is 2.14. The molecule has 1 fully saturated rings. The van der Waals surface area contributed by atoms with Gasteiger partial charge in [0.05, 0.1) is 18.7 Å². The van der Waals surface area contributed by atoms with Gasteiger partial charge in [0.1, 0.15) is 0 Å². The first-order valence-corrected chi connectivity index (χ1v) is 5.88. The fraction of sp³-hybridized carbons (Fsp3) is 0.500. The third-order valence-electron chi connectivity index (χ3n) is 2.52. The molecule has 1 unspecified atom stereocenters. The lowest BCUT2D eigenvalue weighted by Crippen LogP contribution is -2.15. The molecule has 3 nitrogen and oxygen atoms in total. The first-order valence-electron chi connectivity index (χ1n) is 5.45. The molecule has 1 aliphatic rings. The lowest BCUT2D eigenvalue weighted by atomic mass is 10.1. The molecule has 1 saturated heterocycles. The molecule has 0 saturated carbocycles. The van der Waals surface area contributed by atoms with E-state index in [0.29, 0.717) is 19.6 Å². The lowest BCUT2D eigenvalue weighted by molar-refractivity contribution is -0.0400. The summed E-state index contributed by atoms with van der Waals surface area (Å²) in [7, 11) is 0. The lowest BCUT2D eigenvalue weighted by Gasteiger charge is -2.10. The third-order valence-corrected chi connectivity index (χ3v) is 2.67. The van der Waals surface area contributed by atoms with E-state index in [4.69, 9.17) is 26.8 Å². The molecule has 0 aliphatic carbocycles. The Morgan fingerprint density at radius 2 is 2.00 bits per heavy atom. The maximum atomic E-state index is 5.76. The molecule has 88 valence electrons. The normalized spacial score (nSPS) is 18.9. The van der Waals surface area contributed by atoms with Gasteiger partial charge in [0.2, 0.25) is 0 Å². The number of ether oxygens (including phenoxy) is 2. The first-order chi connectivity index (χ1) is 7.74. The molecule has 1 atom stereocenters. The van der Waals surface area contributed by atoms with E-state index in [1.807, 2.05) is 12.1 Å². The predicted molar refractivity (Wildman–Crippen MR) is 63.4 cm³/mol. The zero-order chi connectivity index (χ0) is 11.4. The Bertz CT molecular complexity index is 338. The minimum absolute atomic E-state index is 0.0973. The highest BCUT2D eigenvalue weighted by atomic mass is 35.5. The summed E-state index contributed by atoms with van der Waals surface area (Å²) < 4.78 is 10.8. The van der Waals surface area contributed by atoms with Crippen LogP contribution < -0.4 is 5.73 Å². The van der Waals surface area contributed by atoms with E-state index < -0.39 is 0 Å². The fourth-order valence-corrected chi connectivity index (χ4v) is 2.00. The van der Waals surface area contributed by atoms with E-state index in [-0.39, 0.29) is 11.8 Å². The average molecular weight is 242 g/mol. The van der Waals surface area contributed by atoms with Crippen LogP contribution in [-0.4, -0.2) is 25.0 Å². The molecular weight excluding hydrogens is 226 g/mol. The molecule has 1 heterocycles. The number of hydrogen-bond acceptors (Lipinski definition) is 3. The van der Waals surface area contributed by atoms with Crippen molar-refractivity contribution < 1.29 is 9.47 Å². The van der Waals surface area contributed by atoms with E-state index in [9.17, 15) is 0 Å². The van der Waals surface area contributed by atoms with Crippen LogP contribution in [0.25, 0.3) is 0 Å². The number of hydrogen-bond donors (Lipinski definition) is 1. The van der Waals surface area contributed by atoms with Gasteiger partial charge in [-0.15, -0.1) is 11.6 Å². The van der Waals surface area contributed by atoms with Gasteiger partial charge < -0.3 is 15.2 Å². The smallest absolute Gasteiger partial charge is 0.161 e. The van der Waals surface area contributed by atoms with Crippen LogP contribution in [0.4, 0.5) is 0 Å².